The van der Waals surface area contributed by atoms with E-state index in [1.807, 2.05) is 0 Å². The highest BCUT2D eigenvalue weighted by atomic mass is 15.2. The van der Waals surface area contributed by atoms with Gasteiger partial charge < -0.3 is 5.32 Å². The van der Waals surface area contributed by atoms with E-state index in [9.17, 15) is 0 Å². The van der Waals surface area contributed by atoms with Crippen molar-refractivity contribution in [1.29, 1.82) is 0 Å². The first-order valence-corrected chi connectivity index (χ1v) is 7.63. The lowest BCUT2D eigenvalue weighted by Gasteiger charge is -2.44. The largest absolute Gasteiger partial charge is 0.313 e. The molecule has 4 unspecified atom stereocenters. The summed E-state index contributed by atoms with van der Waals surface area (Å²) in [6.45, 7) is 13.9. The molecule has 0 amide bonds. The first-order valence-electron chi connectivity index (χ1n) is 7.63. The quantitative estimate of drug-likeness (QED) is 0.766. The highest BCUT2D eigenvalue weighted by Crippen LogP contribution is 2.29. The van der Waals surface area contributed by atoms with Crippen molar-refractivity contribution in [1.82, 2.24) is 10.2 Å². The maximum Gasteiger partial charge on any atom is 0.0254 e. The highest BCUT2D eigenvalue weighted by Gasteiger charge is 2.33. The first kappa shape index (κ1) is 15.0. The fourth-order valence-electron chi connectivity index (χ4n) is 3.33. The fourth-order valence-corrected chi connectivity index (χ4v) is 3.33. The summed E-state index contributed by atoms with van der Waals surface area (Å²) in [5.41, 5.74) is 0. The molecule has 0 radical (unpaired) electrons. The Morgan fingerprint density at radius 1 is 1.24 bits per heavy atom. The second kappa shape index (κ2) is 7.38. The molecule has 1 saturated carbocycles. The predicted octanol–water partition coefficient (Wildman–Crippen LogP) is 3.27. The molecule has 2 nitrogen and oxygen atoms in total. The van der Waals surface area contributed by atoms with Crippen LogP contribution in [0.3, 0.4) is 0 Å². The Hall–Kier alpha value is -0.0800. The summed E-state index contributed by atoms with van der Waals surface area (Å²) in [4.78, 5) is 2.73. The standard InChI is InChI=1S/C15H32N2/c1-6-13(5)17(8-3)15-11-12(4)9-10-14(15)16-7-2/h12-16H,6-11H2,1-5H3. The van der Waals surface area contributed by atoms with Gasteiger partial charge in [-0.05, 0) is 51.6 Å². The van der Waals surface area contributed by atoms with Crippen LogP contribution in [0.4, 0.5) is 0 Å². The van der Waals surface area contributed by atoms with Crippen LogP contribution in [-0.2, 0) is 0 Å². The molecule has 0 aromatic carbocycles. The van der Waals surface area contributed by atoms with Crippen molar-refractivity contribution >= 4 is 0 Å². The van der Waals surface area contributed by atoms with Crippen LogP contribution >= 0.6 is 0 Å². The smallest absolute Gasteiger partial charge is 0.0254 e. The number of hydrogen-bond donors (Lipinski definition) is 1. The van der Waals surface area contributed by atoms with E-state index in [4.69, 9.17) is 0 Å². The number of nitrogens with one attached hydrogen (secondary N) is 1. The molecule has 1 fully saturated rings. The van der Waals surface area contributed by atoms with Crippen molar-refractivity contribution < 1.29 is 0 Å². The van der Waals surface area contributed by atoms with Crippen LogP contribution in [0.2, 0.25) is 0 Å². The predicted molar refractivity (Wildman–Crippen MR) is 76.4 cm³/mol. The Balaban J connectivity index is 2.71. The van der Waals surface area contributed by atoms with Gasteiger partial charge in [0.25, 0.3) is 0 Å². The minimum absolute atomic E-state index is 0.713. The van der Waals surface area contributed by atoms with Crippen LogP contribution in [0.5, 0.6) is 0 Å². The molecular weight excluding hydrogens is 208 g/mol. The number of rotatable bonds is 6. The summed E-state index contributed by atoms with van der Waals surface area (Å²) in [6.07, 6.45) is 5.38. The van der Waals surface area contributed by atoms with Crippen molar-refractivity contribution in [2.24, 2.45) is 5.92 Å². The molecular formula is C15H32N2. The van der Waals surface area contributed by atoms with Gasteiger partial charge in [0.2, 0.25) is 0 Å². The minimum Gasteiger partial charge on any atom is -0.313 e. The number of likely N-dealkylation sites (N-methyl/N-ethyl adjacent to an activating group) is 2. The third-order valence-electron chi connectivity index (χ3n) is 4.49. The Morgan fingerprint density at radius 3 is 2.47 bits per heavy atom. The summed E-state index contributed by atoms with van der Waals surface area (Å²) < 4.78 is 0. The number of nitrogens with zero attached hydrogens (tertiary/aromatic N) is 1. The van der Waals surface area contributed by atoms with Gasteiger partial charge >= 0.3 is 0 Å². The molecule has 0 bridgehead atoms. The van der Waals surface area contributed by atoms with Crippen molar-refractivity contribution in [3.63, 3.8) is 0 Å². The summed E-state index contributed by atoms with van der Waals surface area (Å²) >= 11 is 0. The molecule has 0 aromatic rings. The van der Waals surface area contributed by atoms with Crippen molar-refractivity contribution in [3.8, 4) is 0 Å². The second-order valence-electron chi connectivity index (χ2n) is 5.74. The van der Waals surface area contributed by atoms with Gasteiger partial charge in [-0.3, -0.25) is 4.90 Å². The topological polar surface area (TPSA) is 15.3 Å². The van der Waals surface area contributed by atoms with E-state index < -0.39 is 0 Å². The van der Waals surface area contributed by atoms with Crippen LogP contribution in [0, 0.1) is 5.92 Å². The van der Waals surface area contributed by atoms with Crippen LogP contribution in [0.15, 0.2) is 0 Å². The normalized spacial score (nSPS) is 31.8. The molecule has 1 aliphatic rings. The van der Waals surface area contributed by atoms with Gasteiger partial charge in [-0.1, -0.05) is 27.7 Å². The molecule has 1 aliphatic carbocycles. The van der Waals surface area contributed by atoms with Gasteiger partial charge in [0.15, 0.2) is 0 Å². The Labute approximate surface area is 108 Å². The number of hydrogen-bond acceptors (Lipinski definition) is 2. The monoisotopic (exact) mass is 240 g/mol. The summed E-state index contributed by atoms with van der Waals surface area (Å²) in [6, 6.07) is 2.18. The lowest BCUT2D eigenvalue weighted by atomic mass is 9.82. The van der Waals surface area contributed by atoms with Crippen molar-refractivity contribution in [3.05, 3.63) is 0 Å². The molecule has 0 aromatic heterocycles. The van der Waals surface area contributed by atoms with E-state index in [1.54, 1.807) is 0 Å². The van der Waals surface area contributed by atoms with Crippen molar-refractivity contribution in [2.45, 2.75) is 78.4 Å². The van der Waals surface area contributed by atoms with Crippen LogP contribution in [0.1, 0.15) is 60.3 Å². The van der Waals surface area contributed by atoms with E-state index in [2.05, 4.69) is 44.8 Å². The van der Waals surface area contributed by atoms with E-state index in [1.165, 1.54) is 32.2 Å². The Morgan fingerprint density at radius 2 is 1.94 bits per heavy atom. The van der Waals surface area contributed by atoms with Gasteiger partial charge in [0.05, 0.1) is 0 Å². The third kappa shape index (κ3) is 3.96. The average Bonchev–Trinajstić information content (AvgIpc) is 2.33. The van der Waals surface area contributed by atoms with Gasteiger partial charge in [0, 0.05) is 18.1 Å². The zero-order valence-electron chi connectivity index (χ0n) is 12.5. The SMILES string of the molecule is CCNC1CCC(C)CC1N(CC)C(C)CC. The third-order valence-corrected chi connectivity index (χ3v) is 4.49. The lowest BCUT2D eigenvalue weighted by molar-refractivity contribution is 0.0726. The average molecular weight is 240 g/mol. The first-order chi connectivity index (χ1) is 8.13. The van der Waals surface area contributed by atoms with E-state index >= 15 is 0 Å². The lowest BCUT2D eigenvalue weighted by Crippen LogP contribution is -2.55. The molecule has 2 heteroatoms. The molecule has 17 heavy (non-hydrogen) atoms. The molecule has 102 valence electrons. The van der Waals surface area contributed by atoms with Crippen molar-refractivity contribution in [2.75, 3.05) is 13.1 Å². The highest BCUT2D eigenvalue weighted by molar-refractivity contribution is 4.91. The fraction of sp³-hybridized carbons (Fsp3) is 1.00. The second-order valence-corrected chi connectivity index (χ2v) is 5.74. The molecule has 1 N–H and O–H groups in total. The Kier molecular flexibility index (Phi) is 6.50. The van der Waals surface area contributed by atoms with Crippen LogP contribution in [-0.4, -0.2) is 36.1 Å². The molecule has 0 aliphatic heterocycles. The zero-order valence-corrected chi connectivity index (χ0v) is 12.5. The molecule has 1 rings (SSSR count). The Bertz CT molecular complexity index is 205. The molecule has 0 spiro atoms. The van der Waals surface area contributed by atoms with Crippen LogP contribution < -0.4 is 5.32 Å². The van der Waals surface area contributed by atoms with E-state index in [0.29, 0.717) is 6.04 Å². The zero-order chi connectivity index (χ0) is 12.8. The van der Waals surface area contributed by atoms with E-state index in [-0.39, 0.29) is 0 Å². The van der Waals surface area contributed by atoms with Gasteiger partial charge in [0.1, 0.15) is 0 Å². The minimum atomic E-state index is 0.713. The maximum atomic E-state index is 3.71. The van der Waals surface area contributed by atoms with Crippen LogP contribution in [0.25, 0.3) is 0 Å². The molecule has 0 saturated heterocycles. The maximum absolute atomic E-state index is 3.71. The summed E-state index contributed by atoms with van der Waals surface area (Å²) in [5, 5.41) is 3.71. The molecule has 4 atom stereocenters. The van der Waals surface area contributed by atoms with E-state index in [0.717, 1.165) is 24.5 Å². The summed E-state index contributed by atoms with van der Waals surface area (Å²) in [7, 11) is 0. The molecule has 0 heterocycles. The van der Waals surface area contributed by atoms with Gasteiger partial charge in [-0.2, -0.15) is 0 Å². The summed E-state index contributed by atoms with van der Waals surface area (Å²) in [5.74, 6) is 0.896. The van der Waals surface area contributed by atoms with Gasteiger partial charge in [-0.15, -0.1) is 0 Å². The van der Waals surface area contributed by atoms with Gasteiger partial charge in [-0.25, -0.2) is 0 Å².